The van der Waals surface area contributed by atoms with E-state index in [9.17, 15) is 14.4 Å². The smallest absolute Gasteiger partial charge is 0.411 e. The first-order valence-corrected chi connectivity index (χ1v) is 8.72. The van der Waals surface area contributed by atoms with E-state index in [2.05, 4.69) is 0 Å². The van der Waals surface area contributed by atoms with Crippen molar-refractivity contribution >= 4 is 24.2 Å². The van der Waals surface area contributed by atoms with E-state index in [1.165, 1.54) is 9.80 Å². The molecule has 2 fully saturated rings. The lowest BCUT2D eigenvalue weighted by Gasteiger charge is -2.48. The van der Waals surface area contributed by atoms with Crippen molar-refractivity contribution in [2.45, 2.75) is 18.3 Å². The fourth-order valence-corrected chi connectivity index (χ4v) is 3.59. The van der Waals surface area contributed by atoms with Crippen LogP contribution in [0.1, 0.15) is 11.6 Å². The molecule has 0 N–H and O–H groups in total. The first-order valence-electron chi connectivity index (χ1n) is 8.72. The van der Waals surface area contributed by atoms with E-state index >= 15 is 0 Å². The van der Waals surface area contributed by atoms with Crippen molar-refractivity contribution in [1.29, 1.82) is 0 Å². The Hall–Kier alpha value is -3.55. The number of anilines is 1. The van der Waals surface area contributed by atoms with Gasteiger partial charge in [0, 0.05) is 5.69 Å². The molecular weight excluding hydrogens is 364 g/mol. The minimum absolute atomic E-state index is 0.128. The lowest BCUT2D eigenvalue weighted by Crippen LogP contribution is -2.72. The Balaban J connectivity index is 1.63. The van der Waals surface area contributed by atoms with Crippen molar-refractivity contribution in [3.05, 3.63) is 60.2 Å². The average molecular weight is 382 g/mol. The van der Waals surface area contributed by atoms with Gasteiger partial charge in [-0.05, 0) is 29.8 Å². The number of rotatable bonds is 6. The van der Waals surface area contributed by atoms with Crippen molar-refractivity contribution in [2.24, 2.45) is 0 Å². The Morgan fingerprint density at radius 2 is 1.79 bits per heavy atom. The summed E-state index contributed by atoms with van der Waals surface area (Å²) >= 11 is 0. The zero-order valence-electron chi connectivity index (χ0n) is 15.1. The molecule has 8 heteroatoms. The number of hydrogen-bond acceptors (Lipinski definition) is 6. The number of methoxy groups -OCH3 is 1. The van der Waals surface area contributed by atoms with Crippen LogP contribution in [0.4, 0.5) is 10.5 Å². The van der Waals surface area contributed by atoms with Gasteiger partial charge in [-0.3, -0.25) is 19.4 Å². The van der Waals surface area contributed by atoms with Crippen molar-refractivity contribution in [1.82, 2.24) is 4.90 Å². The second-order valence-corrected chi connectivity index (χ2v) is 6.38. The molecule has 2 aliphatic rings. The molecule has 8 nitrogen and oxygen atoms in total. The summed E-state index contributed by atoms with van der Waals surface area (Å²) in [5.74, 6) is 0.283. The molecule has 2 saturated heterocycles. The van der Waals surface area contributed by atoms with Crippen molar-refractivity contribution in [2.75, 3.05) is 18.6 Å². The molecule has 28 heavy (non-hydrogen) atoms. The second-order valence-electron chi connectivity index (χ2n) is 6.38. The zero-order valence-corrected chi connectivity index (χ0v) is 15.1. The summed E-state index contributed by atoms with van der Waals surface area (Å²) in [6.07, 6.45) is -1.55. The highest BCUT2D eigenvalue weighted by atomic mass is 16.6. The first kappa shape index (κ1) is 17.8. The Bertz CT molecular complexity index is 885. The van der Waals surface area contributed by atoms with Crippen LogP contribution in [-0.2, 0) is 19.1 Å². The summed E-state index contributed by atoms with van der Waals surface area (Å²) in [4.78, 5) is 39.1. The van der Waals surface area contributed by atoms with Crippen LogP contribution in [0, 0.1) is 0 Å². The van der Waals surface area contributed by atoms with Gasteiger partial charge in [0.2, 0.25) is 6.23 Å². The van der Waals surface area contributed by atoms with Crippen LogP contribution in [0.5, 0.6) is 5.75 Å². The third kappa shape index (κ3) is 2.83. The lowest BCUT2D eigenvalue weighted by molar-refractivity contribution is -0.154. The number of β-lactam (4-membered cyclic amide) rings is 1. The topological polar surface area (TPSA) is 85.4 Å². The van der Waals surface area contributed by atoms with Crippen LogP contribution >= 0.6 is 0 Å². The predicted octanol–water partition coefficient (Wildman–Crippen LogP) is 2.10. The molecule has 4 rings (SSSR count). The molecule has 2 aliphatic heterocycles. The number of benzene rings is 2. The van der Waals surface area contributed by atoms with E-state index in [1.807, 2.05) is 30.3 Å². The third-order valence-electron chi connectivity index (χ3n) is 4.96. The SMILES string of the molecule is COc1ccc(N2C(=O)[C@@H](N3C(=O)OC[C@@H]3c3ccccc3)[C@H]2OC=O)cc1. The van der Waals surface area contributed by atoms with Crippen LogP contribution in [-0.4, -0.2) is 49.4 Å². The quantitative estimate of drug-likeness (QED) is 0.562. The first-order chi connectivity index (χ1) is 13.7. The van der Waals surface area contributed by atoms with E-state index in [0.717, 1.165) is 5.56 Å². The molecule has 2 amide bonds. The zero-order chi connectivity index (χ0) is 19.7. The van der Waals surface area contributed by atoms with Crippen molar-refractivity contribution < 1.29 is 28.6 Å². The lowest BCUT2D eigenvalue weighted by atomic mass is 9.97. The minimum Gasteiger partial charge on any atom is -0.497 e. The van der Waals surface area contributed by atoms with Gasteiger partial charge in [0.1, 0.15) is 12.4 Å². The molecule has 0 spiro atoms. The van der Waals surface area contributed by atoms with Gasteiger partial charge >= 0.3 is 6.09 Å². The van der Waals surface area contributed by atoms with Crippen LogP contribution < -0.4 is 9.64 Å². The molecule has 2 aromatic carbocycles. The molecule has 0 aromatic heterocycles. The van der Waals surface area contributed by atoms with Crippen LogP contribution in [0.3, 0.4) is 0 Å². The molecule has 0 bridgehead atoms. The predicted molar refractivity (Wildman–Crippen MR) is 97.6 cm³/mol. The summed E-state index contributed by atoms with van der Waals surface area (Å²) in [5, 5.41) is 0. The number of amides is 2. The summed E-state index contributed by atoms with van der Waals surface area (Å²) in [6, 6.07) is 14.7. The number of carbonyl (C=O) groups is 3. The summed E-state index contributed by atoms with van der Waals surface area (Å²) in [7, 11) is 1.54. The Kier molecular flexibility index (Phi) is 4.60. The summed E-state index contributed by atoms with van der Waals surface area (Å²) < 4.78 is 15.5. The minimum atomic E-state index is -0.951. The normalized spacial score (nSPS) is 23.8. The van der Waals surface area contributed by atoms with Gasteiger partial charge in [-0.15, -0.1) is 0 Å². The number of nitrogens with zero attached hydrogens (tertiary/aromatic N) is 2. The van der Waals surface area contributed by atoms with Gasteiger partial charge < -0.3 is 14.2 Å². The largest absolute Gasteiger partial charge is 0.497 e. The van der Waals surface area contributed by atoms with Gasteiger partial charge in [0.15, 0.2) is 6.04 Å². The number of cyclic esters (lactones) is 1. The van der Waals surface area contributed by atoms with Gasteiger partial charge in [-0.25, -0.2) is 4.79 Å². The van der Waals surface area contributed by atoms with E-state index in [1.54, 1.807) is 31.4 Å². The fourth-order valence-electron chi connectivity index (χ4n) is 3.59. The second kappa shape index (κ2) is 7.22. The van der Waals surface area contributed by atoms with Gasteiger partial charge in [0.05, 0.1) is 13.2 Å². The van der Waals surface area contributed by atoms with E-state index < -0.39 is 24.4 Å². The Labute approximate surface area is 161 Å². The van der Waals surface area contributed by atoms with Crippen LogP contribution in [0.2, 0.25) is 0 Å². The molecular formula is C20H18N2O6. The maximum Gasteiger partial charge on any atom is 0.411 e. The number of ether oxygens (including phenoxy) is 3. The number of hydrogen-bond donors (Lipinski definition) is 0. The van der Waals surface area contributed by atoms with E-state index in [-0.39, 0.29) is 19.0 Å². The highest BCUT2D eigenvalue weighted by Crippen LogP contribution is 2.39. The Morgan fingerprint density at radius 1 is 1.07 bits per heavy atom. The van der Waals surface area contributed by atoms with Crippen LogP contribution in [0.25, 0.3) is 0 Å². The maximum absolute atomic E-state index is 13.0. The van der Waals surface area contributed by atoms with Gasteiger partial charge in [0.25, 0.3) is 12.4 Å². The standard InChI is InChI=1S/C20H18N2O6/c1-26-15-9-7-14(8-10-15)21-18(24)17(19(21)28-12-23)22-16(11-27-20(22)25)13-5-3-2-4-6-13/h2-10,12,16-17,19H,11H2,1H3/t16-,17-,19-/m1/s1. The maximum atomic E-state index is 13.0. The van der Waals surface area contributed by atoms with Crippen molar-refractivity contribution in [3.63, 3.8) is 0 Å². The van der Waals surface area contributed by atoms with Crippen LogP contribution in [0.15, 0.2) is 54.6 Å². The fraction of sp³-hybridized carbons (Fsp3) is 0.250. The van der Waals surface area contributed by atoms with Gasteiger partial charge in [-0.1, -0.05) is 30.3 Å². The average Bonchev–Trinajstić information content (AvgIpc) is 3.10. The highest BCUT2D eigenvalue weighted by molar-refractivity contribution is 6.06. The van der Waals surface area contributed by atoms with E-state index in [0.29, 0.717) is 11.4 Å². The van der Waals surface area contributed by atoms with Gasteiger partial charge in [-0.2, -0.15) is 0 Å². The third-order valence-corrected chi connectivity index (χ3v) is 4.96. The molecule has 0 radical (unpaired) electrons. The highest BCUT2D eigenvalue weighted by Gasteiger charge is 2.58. The molecule has 2 aromatic rings. The van der Waals surface area contributed by atoms with Crippen molar-refractivity contribution in [3.8, 4) is 5.75 Å². The number of carbonyl (C=O) groups excluding carboxylic acids is 3. The molecule has 3 atom stereocenters. The molecule has 2 heterocycles. The Morgan fingerprint density at radius 3 is 2.43 bits per heavy atom. The monoisotopic (exact) mass is 382 g/mol. The molecule has 0 aliphatic carbocycles. The molecule has 144 valence electrons. The summed E-state index contributed by atoms with van der Waals surface area (Å²) in [5.41, 5.74) is 1.38. The van der Waals surface area contributed by atoms with E-state index in [4.69, 9.17) is 14.2 Å². The summed E-state index contributed by atoms with van der Waals surface area (Å²) in [6.45, 7) is 0.405. The molecule has 0 saturated carbocycles. The molecule has 0 unspecified atom stereocenters.